The van der Waals surface area contributed by atoms with E-state index in [9.17, 15) is 9.59 Å². The zero-order chi connectivity index (χ0) is 19.1. The highest BCUT2D eigenvalue weighted by Gasteiger charge is 2.27. The molecular formula is C19H30N2O4. The van der Waals surface area contributed by atoms with Crippen LogP contribution in [0.3, 0.4) is 0 Å². The first-order valence-electron chi connectivity index (χ1n) is 8.77. The Bertz CT molecular complexity index is 687. The molecule has 0 aliphatic heterocycles. The summed E-state index contributed by atoms with van der Waals surface area (Å²) in [7, 11) is 2.63. The van der Waals surface area contributed by atoms with Crippen molar-refractivity contribution in [2.75, 3.05) is 14.2 Å². The molecule has 0 amide bonds. The minimum absolute atomic E-state index is 0.0542. The molecule has 0 radical (unpaired) electrons. The fourth-order valence-electron chi connectivity index (χ4n) is 2.76. The average Bonchev–Trinajstić information content (AvgIpc) is 2.56. The molecule has 0 unspecified atom stereocenters. The monoisotopic (exact) mass is 350 g/mol. The highest BCUT2D eigenvalue weighted by Crippen LogP contribution is 2.20. The van der Waals surface area contributed by atoms with E-state index in [0.29, 0.717) is 11.9 Å². The largest absolute Gasteiger partial charge is 0.465 e. The molecule has 1 rings (SSSR count). The van der Waals surface area contributed by atoms with E-state index in [4.69, 9.17) is 9.47 Å². The molecule has 0 atom stereocenters. The van der Waals surface area contributed by atoms with Crippen molar-refractivity contribution in [3.63, 3.8) is 0 Å². The van der Waals surface area contributed by atoms with Gasteiger partial charge in [0.2, 0.25) is 0 Å². The van der Waals surface area contributed by atoms with Gasteiger partial charge in [0, 0.05) is 12.1 Å². The maximum Gasteiger partial charge on any atom is 0.355 e. The van der Waals surface area contributed by atoms with Crippen molar-refractivity contribution in [3.05, 3.63) is 28.4 Å². The number of hydrogen-bond acceptors (Lipinski definition) is 5. The average molecular weight is 350 g/mol. The fourth-order valence-corrected chi connectivity index (χ4v) is 2.76. The molecule has 1 aromatic rings. The maximum absolute atomic E-state index is 12.6. The van der Waals surface area contributed by atoms with Gasteiger partial charge in [0.1, 0.15) is 11.2 Å². The Labute approximate surface area is 149 Å². The summed E-state index contributed by atoms with van der Waals surface area (Å²) in [5.74, 6) is -1.09. The van der Waals surface area contributed by atoms with Crippen LogP contribution < -0.4 is 5.49 Å². The summed E-state index contributed by atoms with van der Waals surface area (Å²) in [6.07, 6.45) is 2.55. The molecule has 1 aromatic heterocycles. The van der Waals surface area contributed by atoms with Gasteiger partial charge in [-0.3, -0.25) is 4.99 Å². The zero-order valence-corrected chi connectivity index (χ0v) is 16.4. The van der Waals surface area contributed by atoms with Crippen LogP contribution in [0.1, 0.15) is 79.9 Å². The quantitative estimate of drug-likeness (QED) is 0.708. The summed E-state index contributed by atoms with van der Waals surface area (Å²) < 4.78 is 11.7. The van der Waals surface area contributed by atoms with Gasteiger partial charge in [-0.1, -0.05) is 13.3 Å². The number of rotatable bonds is 7. The normalized spacial score (nSPS) is 12.0. The van der Waals surface area contributed by atoms with Crippen LogP contribution in [-0.2, 0) is 15.9 Å². The summed E-state index contributed by atoms with van der Waals surface area (Å²) >= 11 is 0. The van der Waals surface area contributed by atoms with Crippen molar-refractivity contribution in [1.29, 1.82) is 0 Å². The van der Waals surface area contributed by atoms with Gasteiger partial charge < -0.3 is 14.0 Å². The van der Waals surface area contributed by atoms with Crippen LogP contribution in [0.25, 0.3) is 0 Å². The van der Waals surface area contributed by atoms with Gasteiger partial charge >= 0.3 is 11.9 Å². The van der Waals surface area contributed by atoms with Gasteiger partial charge in [-0.15, -0.1) is 0 Å². The Balaban J connectivity index is 3.97. The highest BCUT2D eigenvalue weighted by atomic mass is 16.5. The smallest absolute Gasteiger partial charge is 0.355 e. The molecule has 0 spiro atoms. The number of nitrogens with zero attached hydrogens (tertiary/aromatic N) is 2. The first kappa shape index (κ1) is 20.9. The van der Waals surface area contributed by atoms with E-state index in [2.05, 4.69) is 11.9 Å². The van der Waals surface area contributed by atoms with E-state index >= 15 is 0 Å². The standard InChI is InChI=1S/C19H30N2O4/c1-8-9-10-14-11-15(20-12(2)3)21(13(4)5)17(19(23)25-7)16(14)18(22)24-6/h11-13H,8-10H2,1-7H3. The number of unbranched alkanes of at least 4 members (excludes halogenated alkanes) is 1. The number of esters is 2. The topological polar surface area (TPSA) is 69.9 Å². The first-order valence-corrected chi connectivity index (χ1v) is 8.77. The van der Waals surface area contributed by atoms with Gasteiger partial charge in [-0.2, -0.15) is 0 Å². The number of ether oxygens (including phenoxy) is 2. The predicted molar refractivity (Wildman–Crippen MR) is 96.8 cm³/mol. The van der Waals surface area contributed by atoms with Crippen LogP contribution in [0.15, 0.2) is 11.1 Å². The third-order valence-electron chi connectivity index (χ3n) is 3.82. The van der Waals surface area contributed by atoms with E-state index in [1.54, 1.807) is 4.57 Å². The SMILES string of the molecule is CCCCc1cc(=NC(C)C)n(C(C)C)c(C(=O)OC)c1C(=O)OC. The molecule has 0 saturated carbocycles. The Morgan fingerprint density at radius 3 is 2.16 bits per heavy atom. The molecule has 0 N–H and O–H groups in total. The second-order valence-electron chi connectivity index (χ2n) is 6.52. The minimum Gasteiger partial charge on any atom is -0.465 e. The molecule has 0 bridgehead atoms. The van der Waals surface area contributed by atoms with Crippen LogP contribution in [0, 0.1) is 0 Å². The van der Waals surface area contributed by atoms with Gasteiger partial charge in [-0.05, 0) is 52.2 Å². The lowest BCUT2D eigenvalue weighted by atomic mass is 9.99. The van der Waals surface area contributed by atoms with E-state index in [1.165, 1.54) is 14.2 Å². The van der Waals surface area contributed by atoms with Crippen molar-refractivity contribution >= 4 is 11.9 Å². The van der Waals surface area contributed by atoms with E-state index in [0.717, 1.165) is 18.4 Å². The Kier molecular flexibility index (Phi) is 7.87. The number of aryl methyl sites for hydroxylation is 1. The molecular weight excluding hydrogens is 320 g/mol. The number of aromatic nitrogens is 1. The van der Waals surface area contributed by atoms with E-state index in [1.807, 2.05) is 33.8 Å². The molecule has 25 heavy (non-hydrogen) atoms. The second-order valence-corrected chi connectivity index (χ2v) is 6.52. The van der Waals surface area contributed by atoms with Crippen molar-refractivity contribution < 1.29 is 19.1 Å². The predicted octanol–water partition coefficient (Wildman–Crippen LogP) is 3.29. The lowest BCUT2D eigenvalue weighted by Gasteiger charge is -2.22. The maximum atomic E-state index is 12.6. The molecule has 6 nitrogen and oxygen atoms in total. The third-order valence-corrected chi connectivity index (χ3v) is 3.82. The van der Waals surface area contributed by atoms with Gasteiger partial charge in [-0.25, -0.2) is 9.59 Å². The molecule has 0 aliphatic carbocycles. The van der Waals surface area contributed by atoms with Crippen LogP contribution in [0.5, 0.6) is 0 Å². The lowest BCUT2D eigenvalue weighted by Crippen LogP contribution is -2.33. The molecule has 0 saturated heterocycles. The fraction of sp³-hybridized carbons (Fsp3) is 0.632. The van der Waals surface area contributed by atoms with E-state index in [-0.39, 0.29) is 23.3 Å². The van der Waals surface area contributed by atoms with Gasteiger partial charge in [0.05, 0.1) is 19.8 Å². The number of hydrogen-bond donors (Lipinski definition) is 0. The Hall–Kier alpha value is -2.11. The summed E-state index contributed by atoms with van der Waals surface area (Å²) in [6, 6.07) is 1.88. The third kappa shape index (κ3) is 4.94. The van der Waals surface area contributed by atoms with Gasteiger partial charge in [0.25, 0.3) is 0 Å². The van der Waals surface area contributed by atoms with Crippen LogP contribution in [-0.4, -0.2) is 36.8 Å². The van der Waals surface area contributed by atoms with E-state index < -0.39 is 11.9 Å². The Morgan fingerprint density at radius 1 is 1.12 bits per heavy atom. The van der Waals surface area contributed by atoms with Gasteiger partial charge in [0.15, 0.2) is 0 Å². The number of carbonyl (C=O) groups excluding carboxylic acids is 2. The summed E-state index contributed by atoms with van der Waals surface area (Å²) in [4.78, 5) is 29.7. The van der Waals surface area contributed by atoms with Crippen molar-refractivity contribution in [1.82, 2.24) is 4.57 Å². The second kappa shape index (κ2) is 9.39. The highest BCUT2D eigenvalue weighted by molar-refractivity contribution is 6.03. The molecule has 6 heteroatoms. The summed E-state index contributed by atoms with van der Waals surface area (Å²) in [6.45, 7) is 9.91. The minimum atomic E-state index is -0.562. The van der Waals surface area contributed by atoms with Crippen molar-refractivity contribution in [2.45, 2.75) is 66.0 Å². The summed E-state index contributed by atoms with van der Waals surface area (Å²) in [5.41, 5.74) is 1.92. The molecule has 0 fully saturated rings. The number of carbonyl (C=O) groups is 2. The molecule has 1 heterocycles. The van der Waals surface area contributed by atoms with Crippen LogP contribution in [0.2, 0.25) is 0 Å². The lowest BCUT2D eigenvalue weighted by molar-refractivity contribution is 0.0540. The number of methoxy groups -OCH3 is 2. The van der Waals surface area contributed by atoms with Crippen LogP contribution in [0.4, 0.5) is 0 Å². The molecule has 140 valence electrons. The van der Waals surface area contributed by atoms with Crippen LogP contribution >= 0.6 is 0 Å². The number of pyridine rings is 1. The Morgan fingerprint density at radius 2 is 1.72 bits per heavy atom. The zero-order valence-electron chi connectivity index (χ0n) is 16.4. The van der Waals surface area contributed by atoms with Crippen molar-refractivity contribution in [3.8, 4) is 0 Å². The molecule has 0 aromatic carbocycles. The first-order chi connectivity index (χ1) is 11.8. The summed E-state index contributed by atoms with van der Waals surface area (Å²) in [5, 5.41) is 0. The molecule has 0 aliphatic rings. The van der Waals surface area contributed by atoms with Crippen molar-refractivity contribution in [2.24, 2.45) is 4.99 Å².